The molecule has 0 bridgehead atoms. The summed E-state index contributed by atoms with van der Waals surface area (Å²) in [7, 11) is 0. The van der Waals surface area contributed by atoms with Gasteiger partial charge in [-0.3, -0.25) is 4.90 Å². The minimum atomic E-state index is -0.432. The largest absolute Gasteiger partial charge is 0.374 e. The summed E-state index contributed by atoms with van der Waals surface area (Å²) < 4.78 is 17.0. The molecule has 5 heteroatoms. The molecule has 1 unspecified atom stereocenters. The summed E-state index contributed by atoms with van der Waals surface area (Å²) in [6.07, 6.45) is 0.286. The van der Waals surface area contributed by atoms with Crippen molar-refractivity contribution >= 4 is 0 Å². The molecule has 2 aliphatic rings. The highest BCUT2D eigenvalue weighted by atomic mass is 16.7. The number of likely N-dealkylation sites (N-methyl/N-ethyl adjacent to an activating group) is 1. The molecule has 5 nitrogen and oxygen atoms in total. The van der Waals surface area contributed by atoms with Gasteiger partial charge in [0.05, 0.1) is 32.0 Å². The molecule has 0 aromatic heterocycles. The molecule has 0 aliphatic carbocycles. The van der Waals surface area contributed by atoms with Crippen molar-refractivity contribution in [3.8, 4) is 0 Å². The quantitative estimate of drug-likeness (QED) is 0.793. The van der Waals surface area contributed by atoms with Crippen molar-refractivity contribution in [3.05, 3.63) is 0 Å². The summed E-state index contributed by atoms with van der Waals surface area (Å²) >= 11 is 0. The van der Waals surface area contributed by atoms with Crippen LogP contribution in [0.4, 0.5) is 0 Å². The lowest BCUT2D eigenvalue weighted by molar-refractivity contribution is -0.253. The van der Waals surface area contributed by atoms with Gasteiger partial charge in [0, 0.05) is 19.6 Å². The van der Waals surface area contributed by atoms with Crippen LogP contribution >= 0.6 is 0 Å². The van der Waals surface area contributed by atoms with E-state index in [4.69, 9.17) is 14.2 Å². The van der Waals surface area contributed by atoms with Crippen LogP contribution in [0.3, 0.4) is 0 Å². The van der Waals surface area contributed by atoms with Crippen LogP contribution in [0.5, 0.6) is 0 Å². The van der Waals surface area contributed by atoms with E-state index in [1.165, 1.54) is 0 Å². The van der Waals surface area contributed by atoms with Crippen LogP contribution in [-0.4, -0.2) is 68.8 Å². The Kier molecular flexibility index (Phi) is 4.98. The molecule has 0 spiro atoms. The second kappa shape index (κ2) is 6.30. The molecule has 0 aromatic carbocycles. The first-order valence-corrected chi connectivity index (χ1v) is 6.94. The average Bonchev–Trinajstić information content (AvgIpc) is 2.38. The Bertz CT molecular complexity index is 251. The van der Waals surface area contributed by atoms with Gasteiger partial charge in [-0.25, -0.2) is 0 Å². The molecule has 0 amide bonds. The van der Waals surface area contributed by atoms with Crippen LogP contribution in [0.25, 0.3) is 0 Å². The maximum atomic E-state index is 5.76. The number of nitrogens with zero attached hydrogens (tertiary/aromatic N) is 1. The molecular formula is C13H26N2O3. The van der Waals surface area contributed by atoms with Gasteiger partial charge in [0.25, 0.3) is 0 Å². The van der Waals surface area contributed by atoms with Crippen LogP contribution in [0.1, 0.15) is 20.8 Å². The molecule has 1 N–H and O–H groups in total. The first kappa shape index (κ1) is 14.2. The summed E-state index contributed by atoms with van der Waals surface area (Å²) in [4.78, 5) is 2.42. The lowest BCUT2D eigenvalue weighted by atomic mass is 10.2. The second-order valence-corrected chi connectivity index (χ2v) is 5.51. The average molecular weight is 258 g/mol. The standard InChI is InChI=1S/C13H26N2O3/c1-4-15-5-6-16-12(8-15)7-14-11-9-17-13(2,3)18-10-11/h11-12,14H,4-10H2,1-3H3. The minimum absolute atomic E-state index is 0.277. The van der Waals surface area contributed by atoms with Crippen LogP contribution < -0.4 is 5.32 Å². The molecule has 2 fully saturated rings. The fourth-order valence-corrected chi connectivity index (χ4v) is 2.30. The molecule has 2 saturated heterocycles. The van der Waals surface area contributed by atoms with E-state index >= 15 is 0 Å². The van der Waals surface area contributed by atoms with Crippen LogP contribution in [0.15, 0.2) is 0 Å². The van der Waals surface area contributed by atoms with E-state index in [0.29, 0.717) is 13.2 Å². The van der Waals surface area contributed by atoms with Gasteiger partial charge in [-0.1, -0.05) is 6.92 Å². The Hall–Kier alpha value is -0.200. The SMILES string of the molecule is CCN1CCOC(CNC2COC(C)(C)OC2)C1. The first-order valence-electron chi connectivity index (χ1n) is 6.94. The third kappa shape index (κ3) is 4.17. The van der Waals surface area contributed by atoms with Gasteiger partial charge < -0.3 is 19.5 Å². The van der Waals surface area contributed by atoms with Crippen molar-refractivity contribution in [1.82, 2.24) is 10.2 Å². The highest BCUT2D eigenvalue weighted by Gasteiger charge is 2.29. The number of hydrogen-bond donors (Lipinski definition) is 1. The van der Waals surface area contributed by atoms with Crippen molar-refractivity contribution in [2.45, 2.75) is 38.7 Å². The Morgan fingerprint density at radius 3 is 2.67 bits per heavy atom. The van der Waals surface area contributed by atoms with E-state index in [0.717, 1.165) is 32.8 Å². The number of morpholine rings is 1. The van der Waals surface area contributed by atoms with Gasteiger partial charge in [-0.05, 0) is 20.4 Å². The van der Waals surface area contributed by atoms with Gasteiger partial charge in [-0.15, -0.1) is 0 Å². The molecule has 0 radical (unpaired) electrons. The van der Waals surface area contributed by atoms with Crippen molar-refractivity contribution in [2.24, 2.45) is 0 Å². The van der Waals surface area contributed by atoms with Crippen LogP contribution in [0, 0.1) is 0 Å². The summed E-state index contributed by atoms with van der Waals surface area (Å²) in [6, 6.07) is 0.277. The topological polar surface area (TPSA) is 43.0 Å². The monoisotopic (exact) mass is 258 g/mol. The molecule has 2 heterocycles. The summed E-state index contributed by atoms with van der Waals surface area (Å²) in [6.45, 7) is 12.4. The van der Waals surface area contributed by atoms with Crippen molar-refractivity contribution < 1.29 is 14.2 Å². The molecule has 2 aliphatic heterocycles. The number of nitrogens with one attached hydrogen (secondary N) is 1. The number of rotatable bonds is 4. The van der Waals surface area contributed by atoms with Crippen molar-refractivity contribution in [3.63, 3.8) is 0 Å². The highest BCUT2D eigenvalue weighted by molar-refractivity contribution is 4.78. The molecule has 0 saturated carbocycles. The van der Waals surface area contributed by atoms with Crippen molar-refractivity contribution in [1.29, 1.82) is 0 Å². The summed E-state index contributed by atoms with van der Waals surface area (Å²) in [5.74, 6) is -0.432. The molecule has 106 valence electrons. The number of hydrogen-bond acceptors (Lipinski definition) is 5. The van der Waals surface area contributed by atoms with Gasteiger partial charge in [0.2, 0.25) is 0 Å². The van der Waals surface area contributed by atoms with Gasteiger partial charge in [-0.2, -0.15) is 0 Å². The Balaban J connectivity index is 1.66. The number of ether oxygens (including phenoxy) is 3. The molecule has 2 rings (SSSR count). The maximum Gasteiger partial charge on any atom is 0.162 e. The summed E-state index contributed by atoms with van der Waals surface area (Å²) in [5, 5.41) is 3.47. The van der Waals surface area contributed by atoms with Crippen LogP contribution in [0.2, 0.25) is 0 Å². The van der Waals surface area contributed by atoms with E-state index < -0.39 is 5.79 Å². The normalized spacial score (nSPS) is 30.5. The minimum Gasteiger partial charge on any atom is -0.374 e. The predicted molar refractivity (Wildman–Crippen MR) is 69.6 cm³/mol. The summed E-state index contributed by atoms with van der Waals surface area (Å²) in [5.41, 5.74) is 0. The van der Waals surface area contributed by atoms with Gasteiger partial charge in [0.15, 0.2) is 5.79 Å². The van der Waals surface area contributed by atoms with E-state index in [1.54, 1.807) is 0 Å². The van der Waals surface area contributed by atoms with E-state index in [9.17, 15) is 0 Å². The van der Waals surface area contributed by atoms with Gasteiger partial charge >= 0.3 is 0 Å². The fraction of sp³-hybridized carbons (Fsp3) is 1.00. The van der Waals surface area contributed by atoms with Gasteiger partial charge in [0.1, 0.15) is 0 Å². The second-order valence-electron chi connectivity index (χ2n) is 5.51. The fourth-order valence-electron chi connectivity index (χ4n) is 2.30. The molecule has 18 heavy (non-hydrogen) atoms. The third-order valence-electron chi connectivity index (χ3n) is 3.57. The van der Waals surface area contributed by atoms with E-state index in [1.807, 2.05) is 13.8 Å². The lowest BCUT2D eigenvalue weighted by Crippen LogP contribution is -2.53. The molecular weight excluding hydrogens is 232 g/mol. The highest BCUT2D eigenvalue weighted by Crippen LogP contribution is 2.17. The molecule has 1 atom stereocenters. The van der Waals surface area contributed by atoms with Crippen LogP contribution in [-0.2, 0) is 14.2 Å². The molecule has 0 aromatic rings. The zero-order chi connectivity index (χ0) is 13.0. The smallest absolute Gasteiger partial charge is 0.162 e. The zero-order valence-corrected chi connectivity index (χ0v) is 11.8. The van der Waals surface area contributed by atoms with E-state index in [-0.39, 0.29) is 12.1 Å². The lowest BCUT2D eigenvalue weighted by Gasteiger charge is -2.37. The van der Waals surface area contributed by atoms with Crippen molar-refractivity contribution in [2.75, 3.05) is 46.0 Å². The maximum absolute atomic E-state index is 5.76. The predicted octanol–water partition coefficient (Wildman–Crippen LogP) is 0.448. The Labute approximate surface area is 110 Å². The Morgan fingerprint density at radius 1 is 1.28 bits per heavy atom. The zero-order valence-electron chi connectivity index (χ0n) is 11.8. The third-order valence-corrected chi connectivity index (χ3v) is 3.57. The first-order chi connectivity index (χ1) is 8.59. The Morgan fingerprint density at radius 2 is 2.00 bits per heavy atom. The van der Waals surface area contributed by atoms with E-state index in [2.05, 4.69) is 17.1 Å².